The minimum Gasteiger partial charge on any atom is -0.348 e. The van der Waals surface area contributed by atoms with Crippen molar-refractivity contribution in [2.24, 2.45) is 5.73 Å². The maximum Gasteiger partial charge on any atom is 0.252 e. The largest absolute Gasteiger partial charge is 0.348 e. The molecule has 1 atom stereocenters. The molecular formula is C13H19BrCl2N2O. The van der Waals surface area contributed by atoms with E-state index in [4.69, 9.17) is 17.3 Å². The Morgan fingerprint density at radius 1 is 1.53 bits per heavy atom. The zero-order valence-electron chi connectivity index (χ0n) is 10.8. The normalized spacial score (nSPS) is 11.6. The minimum absolute atomic E-state index is 0. The van der Waals surface area contributed by atoms with Crippen molar-refractivity contribution in [2.45, 2.75) is 32.2 Å². The van der Waals surface area contributed by atoms with Crippen molar-refractivity contribution in [3.8, 4) is 0 Å². The van der Waals surface area contributed by atoms with E-state index in [1.54, 1.807) is 18.2 Å². The van der Waals surface area contributed by atoms with Crippen LogP contribution in [0.3, 0.4) is 0 Å². The molecule has 0 bridgehead atoms. The molecular weight excluding hydrogens is 351 g/mol. The number of carbonyl (C=O) groups is 1. The molecule has 0 saturated heterocycles. The van der Waals surface area contributed by atoms with Crippen molar-refractivity contribution in [3.63, 3.8) is 0 Å². The van der Waals surface area contributed by atoms with Crippen molar-refractivity contribution in [1.82, 2.24) is 5.32 Å². The quantitative estimate of drug-likeness (QED) is 0.801. The Morgan fingerprint density at radius 3 is 2.74 bits per heavy atom. The lowest BCUT2D eigenvalue weighted by molar-refractivity contribution is 0.0935. The molecule has 3 nitrogen and oxygen atoms in total. The van der Waals surface area contributed by atoms with Gasteiger partial charge in [0.2, 0.25) is 0 Å². The maximum atomic E-state index is 12.1. The number of hydrogen-bond acceptors (Lipinski definition) is 2. The summed E-state index contributed by atoms with van der Waals surface area (Å²) < 4.78 is 0.693. The Balaban J connectivity index is 0.00000324. The molecule has 0 fully saturated rings. The number of halogens is 3. The molecule has 0 aliphatic heterocycles. The van der Waals surface area contributed by atoms with Gasteiger partial charge >= 0.3 is 0 Å². The predicted octanol–water partition coefficient (Wildman–Crippen LogP) is 3.77. The van der Waals surface area contributed by atoms with Gasteiger partial charge in [0.15, 0.2) is 0 Å². The van der Waals surface area contributed by atoms with Gasteiger partial charge in [-0.25, -0.2) is 0 Å². The van der Waals surface area contributed by atoms with E-state index < -0.39 is 0 Å². The van der Waals surface area contributed by atoms with E-state index in [1.165, 1.54) is 0 Å². The predicted molar refractivity (Wildman–Crippen MR) is 86.2 cm³/mol. The van der Waals surface area contributed by atoms with Crippen LogP contribution in [0.15, 0.2) is 22.7 Å². The van der Waals surface area contributed by atoms with E-state index in [-0.39, 0.29) is 24.4 Å². The van der Waals surface area contributed by atoms with Gasteiger partial charge in [0.25, 0.3) is 5.91 Å². The highest BCUT2D eigenvalue weighted by Gasteiger charge is 2.14. The van der Waals surface area contributed by atoms with Gasteiger partial charge < -0.3 is 11.1 Å². The SMILES string of the molecule is CCCCC(CN)NC(=O)c1ccc(Cl)cc1Br.Cl. The summed E-state index contributed by atoms with van der Waals surface area (Å²) in [5.74, 6) is -0.120. The Morgan fingerprint density at radius 2 is 2.21 bits per heavy atom. The van der Waals surface area contributed by atoms with Crippen LogP contribution >= 0.6 is 39.9 Å². The fourth-order valence-electron chi connectivity index (χ4n) is 1.64. The van der Waals surface area contributed by atoms with Crippen LogP contribution in [0.1, 0.15) is 36.5 Å². The summed E-state index contributed by atoms with van der Waals surface area (Å²) in [4.78, 5) is 12.1. The Kier molecular flexibility index (Phi) is 9.44. The molecule has 1 aromatic carbocycles. The number of hydrogen-bond donors (Lipinski definition) is 2. The summed E-state index contributed by atoms with van der Waals surface area (Å²) >= 11 is 9.18. The summed E-state index contributed by atoms with van der Waals surface area (Å²) in [5.41, 5.74) is 6.23. The smallest absolute Gasteiger partial charge is 0.252 e. The lowest BCUT2D eigenvalue weighted by Crippen LogP contribution is -2.40. The fourth-order valence-corrected chi connectivity index (χ4v) is 2.50. The molecule has 3 N–H and O–H groups in total. The first-order valence-corrected chi connectivity index (χ1v) is 7.21. The molecule has 6 heteroatoms. The number of unbranched alkanes of at least 4 members (excludes halogenated alkanes) is 1. The average Bonchev–Trinajstić information content (AvgIpc) is 2.34. The van der Waals surface area contributed by atoms with E-state index in [2.05, 4.69) is 28.2 Å². The summed E-state index contributed by atoms with van der Waals surface area (Å²) in [5, 5.41) is 3.54. The second-order valence-corrected chi connectivity index (χ2v) is 5.46. The summed E-state index contributed by atoms with van der Waals surface area (Å²) in [6, 6.07) is 5.14. The van der Waals surface area contributed by atoms with Crippen LogP contribution < -0.4 is 11.1 Å². The number of carbonyl (C=O) groups excluding carboxylic acids is 1. The molecule has 1 amide bonds. The topological polar surface area (TPSA) is 55.1 Å². The highest BCUT2D eigenvalue weighted by Crippen LogP contribution is 2.21. The first-order chi connectivity index (χ1) is 8.58. The number of nitrogens with one attached hydrogen (secondary N) is 1. The lowest BCUT2D eigenvalue weighted by atomic mass is 10.1. The van der Waals surface area contributed by atoms with Crippen LogP contribution in [0.25, 0.3) is 0 Å². The molecule has 0 spiro atoms. The van der Waals surface area contributed by atoms with Crippen LogP contribution in [0.4, 0.5) is 0 Å². The molecule has 1 unspecified atom stereocenters. The first-order valence-electron chi connectivity index (χ1n) is 6.04. The zero-order valence-corrected chi connectivity index (χ0v) is 13.9. The third kappa shape index (κ3) is 6.13. The Hall–Kier alpha value is -0.290. The van der Waals surface area contributed by atoms with Gasteiger partial charge in [-0.3, -0.25) is 4.79 Å². The van der Waals surface area contributed by atoms with Crippen LogP contribution in [0, 0.1) is 0 Å². The summed E-state index contributed by atoms with van der Waals surface area (Å²) in [7, 11) is 0. The first kappa shape index (κ1) is 18.7. The number of nitrogens with two attached hydrogens (primary N) is 1. The van der Waals surface area contributed by atoms with Gasteiger partial charge in [0.05, 0.1) is 5.56 Å². The average molecular weight is 370 g/mol. The van der Waals surface area contributed by atoms with Crippen LogP contribution in [-0.4, -0.2) is 18.5 Å². The van der Waals surface area contributed by atoms with Crippen molar-refractivity contribution < 1.29 is 4.79 Å². The zero-order chi connectivity index (χ0) is 13.5. The summed E-state index contributed by atoms with van der Waals surface area (Å²) in [6.07, 6.45) is 3.06. The third-order valence-electron chi connectivity index (χ3n) is 2.70. The van der Waals surface area contributed by atoms with Crippen LogP contribution in [0.5, 0.6) is 0 Å². The molecule has 0 aliphatic carbocycles. The van der Waals surface area contributed by atoms with Gasteiger partial charge in [-0.2, -0.15) is 0 Å². The molecule has 108 valence electrons. The van der Waals surface area contributed by atoms with Gasteiger partial charge in [0.1, 0.15) is 0 Å². The van der Waals surface area contributed by atoms with E-state index >= 15 is 0 Å². The van der Waals surface area contributed by atoms with E-state index in [0.29, 0.717) is 21.6 Å². The van der Waals surface area contributed by atoms with Crippen LogP contribution in [-0.2, 0) is 0 Å². The molecule has 1 aromatic rings. The monoisotopic (exact) mass is 368 g/mol. The Labute approximate surface area is 133 Å². The van der Waals surface area contributed by atoms with Crippen molar-refractivity contribution >= 4 is 45.8 Å². The van der Waals surface area contributed by atoms with Gasteiger partial charge in [-0.05, 0) is 40.5 Å². The number of benzene rings is 1. The molecule has 0 heterocycles. The van der Waals surface area contributed by atoms with Gasteiger partial charge in [-0.15, -0.1) is 12.4 Å². The fraction of sp³-hybridized carbons (Fsp3) is 0.462. The van der Waals surface area contributed by atoms with Crippen molar-refractivity contribution in [3.05, 3.63) is 33.3 Å². The van der Waals surface area contributed by atoms with Crippen molar-refractivity contribution in [2.75, 3.05) is 6.54 Å². The van der Waals surface area contributed by atoms with E-state index in [1.807, 2.05) is 0 Å². The lowest BCUT2D eigenvalue weighted by Gasteiger charge is -2.17. The van der Waals surface area contributed by atoms with E-state index in [9.17, 15) is 4.79 Å². The molecule has 0 aromatic heterocycles. The summed E-state index contributed by atoms with van der Waals surface area (Å²) in [6.45, 7) is 2.57. The molecule has 0 aliphatic rings. The molecule has 0 radical (unpaired) electrons. The maximum absolute atomic E-state index is 12.1. The van der Waals surface area contributed by atoms with E-state index in [0.717, 1.165) is 19.3 Å². The Bertz CT molecular complexity index is 416. The standard InChI is InChI=1S/C13H18BrClN2O.ClH/c1-2-3-4-10(8-16)17-13(18)11-6-5-9(15)7-12(11)14;/h5-7,10H,2-4,8,16H2,1H3,(H,17,18);1H. The second-order valence-electron chi connectivity index (χ2n) is 4.17. The van der Waals surface area contributed by atoms with Crippen LogP contribution in [0.2, 0.25) is 5.02 Å². The highest BCUT2D eigenvalue weighted by molar-refractivity contribution is 9.10. The molecule has 1 rings (SSSR count). The molecule has 19 heavy (non-hydrogen) atoms. The number of amides is 1. The van der Waals surface area contributed by atoms with Crippen molar-refractivity contribution in [1.29, 1.82) is 0 Å². The number of rotatable bonds is 6. The molecule has 0 saturated carbocycles. The van der Waals surface area contributed by atoms with Gasteiger partial charge in [0, 0.05) is 22.1 Å². The van der Waals surface area contributed by atoms with Gasteiger partial charge in [-0.1, -0.05) is 31.4 Å². The third-order valence-corrected chi connectivity index (χ3v) is 3.59. The minimum atomic E-state index is -0.120. The second kappa shape index (κ2) is 9.59. The highest BCUT2D eigenvalue weighted by atomic mass is 79.9.